The Labute approximate surface area is 150 Å². The van der Waals surface area contributed by atoms with Gasteiger partial charge in [0.15, 0.2) is 5.82 Å². The first kappa shape index (κ1) is 17.8. The van der Waals surface area contributed by atoms with Crippen LogP contribution in [0.5, 0.6) is 0 Å². The number of carbonyl (C=O) groups is 1. The molecule has 0 radical (unpaired) electrons. The maximum atomic E-state index is 13.7. The number of hydrogen-bond acceptors (Lipinski definition) is 5. The van der Waals surface area contributed by atoms with Crippen LogP contribution in [0.2, 0.25) is 0 Å². The largest absolute Gasteiger partial charge is 0.380 e. The Hall–Kier alpha value is -2.99. The molecule has 0 saturated carbocycles. The molecule has 136 valence electrons. The molecule has 2 atom stereocenters. The topological polar surface area (TPSA) is 96.1 Å². The summed E-state index contributed by atoms with van der Waals surface area (Å²) in [7, 11) is 3.43. The molecule has 2 aromatic rings. The molecule has 1 aliphatic heterocycles. The van der Waals surface area contributed by atoms with Crippen LogP contribution < -0.4 is 5.32 Å². The third-order valence-electron chi connectivity index (χ3n) is 4.50. The second-order valence-electron chi connectivity index (χ2n) is 6.15. The fourth-order valence-electron chi connectivity index (χ4n) is 3.07. The van der Waals surface area contributed by atoms with Crippen LogP contribution in [0.25, 0.3) is 0 Å². The van der Waals surface area contributed by atoms with Gasteiger partial charge in [-0.15, -0.1) is 10.2 Å². The summed E-state index contributed by atoms with van der Waals surface area (Å²) in [6, 6.07) is 5.50. The van der Waals surface area contributed by atoms with Gasteiger partial charge in [-0.25, -0.2) is 9.18 Å². The molecule has 0 bridgehead atoms. The number of nitriles is 1. The maximum Gasteiger partial charge on any atom is 0.318 e. The van der Waals surface area contributed by atoms with Gasteiger partial charge in [0.1, 0.15) is 18.2 Å². The SMILES string of the molecule is CO[C@@H]1C[C@@H](c2nncn2C)N(C(=O)NCc2ccc(C#N)c(F)c2)C1. The van der Waals surface area contributed by atoms with Crippen LogP contribution in [0.15, 0.2) is 24.5 Å². The monoisotopic (exact) mass is 358 g/mol. The average Bonchev–Trinajstić information content (AvgIpc) is 3.25. The predicted molar refractivity (Wildman–Crippen MR) is 89.2 cm³/mol. The van der Waals surface area contributed by atoms with Gasteiger partial charge >= 0.3 is 6.03 Å². The van der Waals surface area contributed by atoms with Crippen molar-refractivity contribution in [2.45, 2.75) is 25.1 Å². The van der Waals surface area contributed by atoms with Crippen LogP contribution >= 0.6 is 0 Å². The number of carbonyl (C=O) groups excluding carboxylic acids is 1. The standard InChI is InChI=1S/C17H19FN6O2/c1-23-10-21-22-16(23)15-6-13(26-2)9-24(15)17(25)20-8-11-3-4-12(7-19)14(18)5-11/h3-5,10,13,15H,6,8-9H2,1-2H3,(H,20,25)/t13-,15+/m1/s1. The number of methoxy groups -OCH3 is 1. The second-order valence-corrected chi connectivity index (χ2v) is 6.15. The number of aromatic nitrogens is 3. The Balaban J connectivity index is 1.70. The van der Waals surface area contributed by atoms with Gasteiger partial charge in [-0.05, 0) is 17.7 Å². The van der Waals surface area contributed by atoms with Crippen molar-refractivity contribution in [2.75, 3.05) is 13.7 Å². The molecule has 9 heteroatoms. The normalized spacial score (nSPS) is 19.4. The highest BCUT2D eigenvalue weighted by atomic mass is 19.1. The van der Waals surface area contributed by atoms with E-state index < -0.39 is 5.82 Å². The number of amides is 2. The van der Waals surface area contributed by atoms with E-state index >= 15 is 0 Å². The lowest BCUT2D eigenvalue weighted by Crippen LogP contribution is -2.40. The lowest BCUT2D eigenvalue weighted by Gasteiger charge is -2.24. The molecule has 2 amide bonds. The zero-order valence-electron chi connectivity index (χ0n) is 14.5. The molecule has 1 N–H and O–H groups in total. The van der Waals surface area contributed by atoms with Gasteiger partial charge in [0.25, 0.3) is 0 Å². The lowest BCUT2D eigenvalue weighted by molar-refractivity contribution is 0.110. The molecule has 1 aliphatic rings. The molecule has 2 heterocycles. The molecule has 0 spiro atoms. The summed E-state index contributed by atoms with van der Waals surface area (Å²) in [4.78, 5) is 14.3. The summed E-state index contributed by atoms with van der Waals surface area (Å²) >= 11 is 0. The van der Waals surface area contributed by atoms with Gasteiger partial charge in [-0.2, -0.15) is 5.26 Å². The number of likely N-dealkylation sites (tertiary alicyclic amines) is 1. The number of urea groups is 1. The molecule has 1 aromatic carbocycles. The van der Waals surface area contributed by atoms with Crippen LogP contribution in [0, 0.1) is 17.1 Å². The van der Waals surface area contributed by atoms with Gasteiger partial charge in [-0.1, -0.05) is 6.07 Å². The highest BCUT2D eigenvalue weighted by Gasteiger charge is 2.38. The van der Waals surface area contributed by atoms with Crippen molar-refractivity contribution in [3.63, 3.8) is 0 Å². The number of rotatable bonds is 4. The van der Waals surface area contributed by atoms with E-state index in [0.29, 0.717) is 24.4 Å². The van der Waals surface area contributed by atoms with Crippen LogP contribution in [0.3, 0.4) is 0 Å². The minimum absolute atomic E-state index is 0.0232. The third-order valence-corrected chi connectivity index (χ3v) is 4.50. The number of nitrogens with zero attached hydrogens (tertiary/aromatic N) is 5. The molecule has 1 aromatic heterocycles. The Kier molecular flexibility index (Phi) is 5.14. The molecule has 8 nitrogen and oxygen atoms in total. The minimum atomic E-state index is -0.600. The smallest absolute Gasteiger partial charge is 0.318 e. The van der Waals surface area contributed by atoms with Crippen molar-refractivity contribution in [3.05, 3.63) is 47.3 Å². The van der Waals surface area contributed by atoms with Crippen LogP contribution in [0.4, 0.5) is 9.18 Å². The van der Waals surface area contributed by atoms with Crippen LogP contribution in [-0.2, 0) is 18.3 Å². The summed E-state index contributed by atoms with van der Waals surface area (Å²) in [5, 5.41) is 19.5. The molecular formula is C17H19FN6O2. The maximum absolute atomic E-state index is 13.7. The fraction of sp³-hybridized carbons (Fsp3) is 0.412. The Morgan fingerprint density at radius 1 is 1.54 bits per heavy atom. The minimum Gasteiger partial charge on any atom is -0.380 e. The fourth-order valence-corrected chi connectivity index (χ4v) is 3.07. The van der Waals surface area contributed by atoms with E-state index in [-0.39, 0.29) is 30.3 Å². The van der Waals surface area contributed by atoms with E-state index in [1.807, 2.05) is 7.05 Å². The molecule has 1 fully saturated rings. The van der Waals surface area contributed by atoms with E-state index in [0.717, 1.165) is 0 Å². The van der Waals surface area contributed by atoms with Crippen molar-refractivity contribution in [1.29, 1.82) is 5.26 Å². The van der Waals surface area contributed by atoms with E-state index in [1.165, 1.54) is 12.1 Å². The summed E-state index contributed by atoms with van der Waals surface area (Å²) in [5.74, 6) is 0.0842. The number of benzene rings is 1. The lowest BCUT2D eigenvalue weighted by atomic mass is 10.1. The number of nitrogens with one attached hydrogen (secondary N) is 1. The Morgan fingerprint density at radius 2 is 2.35 bits per heavy atom. The van der Waals surface area contributed by atoms with E-state index in [9.17, 15) is 9.18 Å². The van der Waals surface area contributed by atoms with Gasteiger partial charge in [0.05, 0.1) is 17.7 Å². The van der Waals surface area contributed by atoms with Gasteiger partial charge in [0, 0.05) is 33.7 Å². The number of aryl methyl sites for hydroxylation is 1. The highest BCUT2D eigenvalue weighted by Crippen LogP contribution is 2.31. The highest BCUT2D eigenvalue weighted by molar-refractivity contribution is 5.75. The molecule has 1 saturated heterocycles. The first-order valence-corrected chi connectivity index (χ1v) is 8.13. The van der Waals surface area contributed by atoms with Crippen molar-refractivity contribution >= 4 is 6.03 Å². The van der Waals surface area contributed by atoms with Gasteiger partial charge < -0.3 is 19.5 Å². The zero-order valence-corrected chi connectivity index (χ0v) is 14.5. The predicted octanol–water partition coefficient (Wildman–Crippen LogP) is 1.50. The quantitative estimate of drug-likeness (QED) is 0.893. The van der Waals surface area contributed by atoms with Gasteiger partial charge in [-0.3, -0.25) is 0 Å². The Bertz CT molecular complexity index is 846. The summed E-state index contributed by atoms with van der Waals surface area (Å²) in [6.45, 7) is 0.586. The van der Waals surface area contributed by atoms with Crippen molar-refractivity contribution in [1.82, 2.24) is 25.0 Å². The molecule has 0 unspecified atom stereocenters. The molecule has 0 aliphatic carbocycles. The molecule has 26 heavy (non-hydrogen) atoms. The Morgan fingerprint density at radius 3 is 2.96 bits per heavy atom. The van der Waals surface area contributed by atoms with Gasteiger partial charge in [0.2, 0.25) is 0 Å². The summed E-state index contributed by atoms with van der Waals surface area (Å²) in [6.07, 6.45) is 2.13. The molecule has 3 rings (SSSR count). The summed E-state index contributed by atoms with van der Waals surface area (Å²) in [5.41, 5.74) is 0.553. The number of hydrogen-bond donors (Lipinski definition) is 1. The average molecular weight is 358 g/mol. The molecular weight excluding hydrogens is 339 g/mol. The van der Waals surface area contributed by atoms with Crippen molar-refractivity contribution in [2.24, 2.45) is 7.05 Å². The number of ether oxygens (including phenoxy) is 1. The zero-order chi connectivity index (χ0) is 18.7. The van der Waals surface area contributed by atoms with Crippen LogP contribution in [0.1, 0.15) is 29.4 Å². The van der Waals surface area contributed by atoms with Crippen LogP contribution in [-0.4, -0.2) is 45.5 Å². The first-order chi connectivity index (χ1) is 12.5. The number of halogens is 1. The van der Waals surface area contributed by atoms with E-state index in [4.69, 9.17) is 10.00 Å². The first-order valence-electron chi connectivity index (χ1n) is 8.13. The summed E-state index contributed by atoms with van der Waals surface area (Å²) < 4.78 is 20.9. The third kappa shape index (κ3) is 3.50. The van der Waals surface area contributed by atoms with E-state index in [1.54, 1.807) is 35.0 Å². The second kappa shape index (κ2) is 7.49. The van der Waals surface area contributed by atoms with Crippen molar-refractivity contribution in [3.8, 4) is 6.07 Å². The van der Waals surface area contributed by atoms with Crippen molar-refractivity contribution < 1.29 is 13.9 Å². The van der Waals surface area contributed by atoms with E-state index in [2.05, 4.69) is 15.5 Å².